The summed E-state index contributed by atoms with van der Waals surface area (Å²) in [6.45, 7) is -2.46. The molecule has 0 saturated carbocycles. The van der Waals surface area contributed by atoms with Crippen molar-refractivity contribution in [2.75, 3.05) is 68.5 Å². The van der Waals surface area contributed by atoms with Crippen LogP contribution in [0.3, 0.4) is 0 Å². The molecular formula is C24H32F20N4O2+2. The zero-order chi connectivity index (χ0) is 40.8. The molecule has 0 saturated heterocycles. The Hall–Kier alpha value is -2.54. The van der Waals surface area contributed by atoms with Crippen LogP contribution in [0, 0.1) is 0 Å². The number of halogens is 20. The normalized spacial score (nSPS) is 15.6. The number of amides is 2. The largest absolute Gasteiger partial charge is 0.392 e. The minimum absolute atomic E-state index is 0.0202. The number of carbonyl (C=O) groups excluding carboxylic acids is 2. The molecule has 2 N–H and O–H groups in total. The molecule has 0 aliphatic rings. The summed E-state index contributed by atoms with van der Waals surface area (Å²) in [7, 11) is 8.59. The zero-order valence-corrected chi connectivity index (χ0v) is 26.5. The van der Waals surface area contributed by atoms with Crippen LogP contribution in [0.1, 0.15) is 12.8 Å². The van der Waals surface area contributed by atoms with E-state index in [1.165, 1.54) is 42.3 Å². The van der Waals surface area contributed by atoms with Crippen LogP contribution < -0.4 is 10.6 Å². The van der Waals surface area contributed by atoms with Crippen LogP contribution in [0.25, 0.3) is 0 Å². The number of hydrogen-bond donors (Lipinski definition) is 2. The average Bonchev–Trinajstić information content (AvgIpc) is 2.90. The fraction of sp³-hybridized carbons (Fsp3) is 0.917. The van der Waals surface area contributed by atoms with Gasteiger partial charge in [0, 0.05) is 25.9 Å². The SMILES string of the molecule is C[N+](C)(C)CCCNC(=O)C(F)(F)C(F)(F)C(F)(F)C(F)(F)C(F)(F)C(F)(F)C(F)(F)C(F)(F)C(F)(F)C(F)(F)C(=O)NCCC[N+](C)(C)C. The van der Waals surface area contributed by atoms with E-state index in [2.05, 4.69) is 0 Å². The molecule has 0 spiro atoms. The van der Waals surface area contributed by atoms with Gasteiger partial charge in [-0.15, -0.1) is 0 Å². The molecule has 0 aliphatic carbocycles. The van der Waals surface area contributed by atoms with Gasteiger partial charge in [-0.3, -0.25) is 9.59 Å². The lowest BCUT2D eigenvalue weighted by atomic mass is 9.85. The van der Waals surface area contributed by atoms with E-state index in [0.717, 1.165) is 10.6 Å². The van der Waals surface area contributed by atoms with E-state index in [1.54, 1.807) is 0 Å². The first-order valence-corrected chi connectivity index (χ1v) is 13.5. The van der Waals surface area contributed by atoms with Crippen molar-refractivity contribution in [2.24, 2.45) is 0 Å². The van der Waals surface area contributed by atoms with Gasteiger partial charge in [-0.05, 0) is 0 Å². The van der Waals surface area contributed by atoms with Crippen molar-refractivity contribution in [2.45, 2.75) is 72.1 Å². The standard InChI is InChI=1S/C24H30F20N4O2/c1-47(2,3)11-7-9-45-13(49)15(25,26)17(29,30)19(33,34)21(37,38)23(41,42)24(43,44)22(39,40)20(35,36)18(31,32)16(27,28)14(50)46-10-8-12-48(4,5)6/h7-12H2,1-6H3/p+2. The molecule has 0 rings (SSSR count). The maximum atomic E-state index is 14.1. The lowest BCUT2D eigenvalue weighted by Gasteiger charge is -2.44. The Morgan fingerprint density at radius 3 is 0.740 bits per heavy atom. The fourth-order valence-electron chi connectivity index (χ4n) is 3.60. The third-order valence-electron chi connectivity index (χ3n) is 6.70. The molecule has 0 fully saturated rings. The van der Waals surface area contributed by atoms with E-state index in [4.69, 9.17) is 0 Å². The first-order chi connectivity index (χ1) is 21.5. The molecular weight excluding hydrogens is 756 g/mol. The Morgan fingerprint density at radius 1 is 0.380 bits per heavy atom. The summed E-state index contributed by atoms with van der Waals surface area (Å²) in [6, 6.07) is 0. The second kappa shape index (κ2) is 13.8. The van der Waals surface area contributed by atoms with Crippen molar-refractivity contribution in [1.82, 2.24) is 10.6 Å². The Labute approximate surface area is 270 Å². The molecule has 0 radical (unpaired) electrons. The van der Waals surface area contributed by atoms with Crippen LogP contribution in [0.15, 0.2) is 0 Å². The number of rotatable bonds is 19. The van der Waals surface area contributed by atoms with E-state index in [9.17, 15) is 97.4 Å². The van der Waals surface area contributed by atoms with Crippen LogP contribution in [0.5, 0.6) is 0 Å². The van der Waals surface area contributed by atoms with Crippen molar-refractivity contribution in [1.29, 1.82) is 0 Å². The topological polar surface area (TPSA) is 58.2 Å². The molecule has 26 heteroatoms. The molecule has 6 nitrogen and oxygen atoms in total. The Morgan fingerprint density at radius 2 is 0.560 bits per heavy atom. The number of nitrogens with zero attached hydrogens (tertiary/aromatic N) is 2. The third kappa shape index (κ3) is 7.93. The van der Waals surface area contributed by atoms with Crippen LogP contribution in [0.2, 0.25) is 0 Å². The molecule has 0 aromatic rings. The van der Waals surface area contributed by atoms with Gasteiger partial charge in [0.1, 0.15) is 0 Å². The van der Waals surface area contributed by atoms with Crippen molar-refractivity contribution in [3.63, 3.8) is 0 Å². The first-order valence-electron chi connectivity index (χ1n) is 13.5. The van der Waals surface area contributed by atoms with Gasteiger partial charge in [0.15, 0.2) is 0 Å². The van der Waals surface area contributed by atoms with Crippen molar-refractivity contribution >= 4 is 11.8 Å². The molecule has 0 aliphatic heterocycles. The van der Waals surface area contributed by atoms with Gasteiger partial charge in [-0.1, -0.05) is 0 Å². The predicted octanol–water partition coefficient (Wildman–Crippen LogP) is 5.76. The van der Waals surface area contributed by atoms with E-state index >= 15 is 0 Å². The highest BCUT2D eigenvalue weighted by molar-refractivity contribution is 5.85. The van der Waals surface area contributed by atoms with E-state index in [0.29, 0.717) is 0 Å². The van der Waals surface area contributed by atoms with Crippen LogP contribution in [0.4, 0.5) is 87.8 Å². The smallest absolute Gasteiger partial charge is 0.350 e. The van der Waals surface area contributed by atoms with E-state index in [-0.39, 0.29) is 22.1 Å². The fourth-order valence-corrected chi connectivity index (χ4v) is 3.60. The summed E-state index contributed by atoms with van der Waals surface area (Å²) in [5.74, 6) is -92.8. The molecule has 2 amide bonds. The van der Waals surface area contributed by atoms with Crippen LogP contribution in [-0.2, 0) is 9.59 Å². The molecule has 0 aromatic carbocycles. The summed E-state index contributed by atoms with van der Waals surface area (Å²) in [6.07, 6.45) is -0.891. The highest BCUT2D eigenvalue weighted by Gasteiger charge is 2.98. The first kappa shape index (κ1) is 47.5. The molecule has 0 unspecified atom stereocenters. The second-order valence-electron chi connectivity index (χ2n) is 13.0. The molecule has 0 atom stereocenters. The van der Waals surface area contributed by atoms with Crippen molar-refractivity contribution < 1.29 is 106 Å². The lowest BCUT2D eigenvalue weighted by Crippen LogP contribution is -2.78. The van der Waals surface area contributed by atoms with E-state index < -0.39 is 97.0 Å². The van der Waals surface area contributed by atoms with Gasteiger partial charge in [0.25, 0.3) is 11.8 Å². The lowest BCUT2D eigenvalue weighted by molar-refractivity contribution is -0.870. The molecule has 50 heavy (non-hydrogen) atoms. The second-order valence-corrected chi connectivity index (χ2v) is 13.0. The Balaban J connectivity index is 6.76. The minimum Gasteiger partial charge on any atom is -0.350 e. The highest BCUT2D eigenvalue weighted by atomic mass is 19.4. The summed E-state index contributed by atoms with van der Waals surface area (Å²) >= 11 is 0. The summed E-state index contributed by atoms with van der Waals surface area (Å²) in [4.78, 5) is 22.9. The van der Waals surface area contributed by atoms with Gasteiger partial charge in [-0.25, -0.2) is 0 Å². The molecule has 0 bridgehead atoms. The van der Waals surface area contributed by atoms with Gasteiger partial charge in [0.05, 0.1) is 55.4 Å². The molecule has 0 aromatic heterocycles. The Kier molecular flexibility index (Phi) is 13.1. The van der Waals surface area contributed by atoms with Gasteiger partial charge < -0.3 is 19.6 Å². The number of nitrogens with one attached hydrogen (secondary N) is 2. The van der Waals surface area contributed by atoms with Crippen LogP contribution in [-0.4, -0.2) is 148 Å². The maximum absolute atomic E-state index is 14.1. The predicted molar refractivity (Wildman–Crippen MR) is 131 cm³/mol. The molecule has 0 heterocycles. The zero-order valence-electron chi connectivity index (χ0n) is 26.5. The van der Waals surface area contributed by atoms with Crippen molar-refractivity contribution in [3.05, 3.63) is 0 Å². The maximum Gasteiger partial charge on any atom is 0.392 e. The van der Waals surface area contributed by atoms with Gasteiger partial charge >= 0.3 is 59.2 Å². The minimum atomic E-state index is -9.24. The quantitative estimate of drug-likeness (QED) is 0.0995. The summed E-state index contributed by atoms with van der Waals surface area (Å²) in [5.41, 5.74) is 0. The number of carbonyl (C=O) groups is 2. The van der Waals surface area contributed by atoms with E-state index in [1.807, 2.05) is 0 Å². The van der Waals surface area contributed by atoms with Crippen molar-refractivity contribution in [3.8, 4) is 0 Å². The average molecular weight is 789 g/mol. The highest BCUT2D eigenvalue weighted by Crippen LogP contribution is 2.66. The summed E-state index contributed by atoms with van der Waals surface area (Å²) in [5, 5.41) is 1.60. The van der Waals surface area contributed by atoms with Gasteiger partial charge in [0.2, 0.25) is 0 Å². The number of hydrogen-bond acceptors (Lipinski definition) is 2. The number of quaternary nitrogens is 2. The molecule has 298 valence electrons. The van der Waals surface area contributed by atoms with Crippen LogP contribution >= 0.6 is 0 Å². The Bertz CT molecular complexity index is 1120. The third-order valence-corrected chi connectivity index (χ3v) is 6.70. The van der Waals surface area contributed by atoms with Gasteiger partial charge in [-0.2, -0.15) is 87.8 Å². The number of alkyl halides is 20. The monoisotopic (exact) mass is 788 g/mol. The summed E-state index contributed by atoms with van der Waals surface area (Å²) < 4.78 is 282.